The highest BCUT2D eigenvalue weighted by Gasteiger charge is 2.12. The molecule has 3 N–H and O–H groups in total. The Labute approximate surface area is 141 Å². The largest absolute Gasteiger partial charge is 0.493 e. The molecule has 0 aliphatic carbocycles. The number of amides is 2. The molecule has 0 saturated heterocycles. The summed E-state index contributed by atoms with van der Waals surface area (Å²) in [6.07, 6.45) is 1.75. The molecule has 0 saturated carbocycles. The molecule has 1 aliphatic heterocycles. The first-order valence-electron chi connectivity index (χ1n) is 8.20. The number of rotatable bonds is 6. The van der Waals surface area contributed by atoms with E-state index in [0.29, 0.717) is 13.1 Å². The molecule has 0 bridgehead atoms. The van der Waals surface area contributed by atoms with Crippen LogP contribution in [0.15, 0.2) is 42.5 Å². The predicted molar refractivity (Wildman–Crippen MR) is 91.9 cm³/mol. The third-order valence-electron chi connectivity index (χ3n) is 4.18. The molecule has 0 aromatic heterocycles. The van der Waals surface area contributed by atoms with Crippen molar-refractivity contribution in [2.75, 3.05) is 13.2 Å². The maximum absolute atomic E-state index is 11.9. The maximum atomic E-state index is 11.9. The summed E-state index contributed by atoms with van der Waals surface area (Å²) in [5.41, 5.74) is 4.20. The van der Waals surface area contributed by atoms with Crippen LogP contribution in [0.25, 0.3) is 0 Å². The molecule has 2 aromatic carbocycles. The summed E-state index contributed by atoms with van der Waals surface area (Å²) in [5, 5.41) is 15.0. The van der Waals surface area contributed by atoms with Crippen molar-refractivity contribution in [2.24, 2.45) is 0 Å². The van der Waals surface area contributed by atoms with E-state index < -0.39 is 0 Å². The van der Waals surface area contributed by atoms with Crippen molar-refractivity contribution in [3.8, 4) is 5.75 Å². The van der Waals surface area contributed by atoms with Crippen LogP contribution in [0.5, 0.6) is 5.75 Å². The van der Waals surface area contributed by atoms with Gasteiger partial charge in [-0.1, -0.05) is 36.4 Å². The zero-order valence-corrected chi connectivity index (χ0v) is 13.5. The van der Waals surface area contributed by atoms with E-state index in [0.717, 1.165) is 36.3 Å². The van der Waals surface area contributed by atoms with Gasteiger partial charge >= 0.3 is 6.03 Å². The first kappa shape index (κ1) is 16.3. The molecule has 2 aromatic rings. The van der Waals surface area contributed by atoms with Gasteiger partial charge in [-0.2, -0.15) is 0 Å². The van der Waals surface area contributed by atoms with E-state index in [1.54, 1.807) is 0 Å². The Morgan fingerprint density at radius 1 is 1.12 bits per heavy atom. The number of nitrogens with one attached hydrogen (secondary N) is 2. The number of carbonyl (C=O) groups excluding carboxylic acids is 1. The van der Waals surface area contributed by atoms with Gasteiger partial charge in [0.25, 0.3) is 0 Å². The summed E-state index contributed by atoms with van der Waals surface area (Å²) in [6, 6.07) is 13.5. The Morgan fingerprint density at radius 3 is 2.79 bits per heavy atom. The number of benzene rings is 2. The molecule has 2 amide bonds. The second-order valence-electron chi connectivity index (χ2n) is 5.83. The first-order chi connectivity index (χ1) is 11.8. The molecule has 24 heavy (non-hydrogen) atoms. The lowest BCUT2D eigenvalue weighted by molar-refractivity contribution is 0.240. The van der Waals surface area contributed by atoms with E-state index >= 15 is 0 Å². The van der Waals surface area contributed by atoms with Crippen LogP contribution in [0.2, 0.25) is 0 Å². The van der Waals surface area contributed by atoms with Gasteiger partial charge in [0.15, 0.2) is 0 Å². The lowest BCUT2D eigenvalue weighted by Gasteiger charge is -2.10. The third-order valence-corrected chi connectivity index (χ3v) is 4.18. The zero-order valence-electron chi connectivity index (χ0n) is 13.5. The molecule has 5 heteroatoms. The number of aliphatic hydroxyl groups is 1. The lowest BCUT2D eigenvalue weighted by atomic mass is 10.1. The number of fused-ring (bicyclic) bond motifs is 1. The monoisotopic (exact) mass is 326 g/mol. The zero-order chi connectivity index (χ0) is 16.8. The molecular formula is C19H22N2O3. The van der Waals surface area contributed by atoms with Crippen molar-refractivity contribution in [3.05, 3.63) is 64.7 Å². The van der Waals surface area contributed by atoms with Gasteiger partial charge in [-0.25, -0.2) is 4.79 Å². The number of hydrogen-bond donors (Lipinski definition) is 3. The lowest BCUT2D eigenvalue weighted by Crippen LogP contribution is -2.36. The number of hydrogen-bond acceptors (Lipinski definition) is 3. The predicted octanol–water partition coefficient (Wildman–Crippen LogP) is 2.16. The fourth-order valence-electron chi connectivity index (χ4n) is 2.84. The Bertz CT molecular complexity index is 716. The van der Waals surface area contributed by atoms with Crippen molar-refractivity contribution in [2.45, 2.75) is 26.0 Å². The fourth-order valence-corrected chi connectivity index (χ4v) is 2.84. The second-order valence-corrected chi connectivity index (χ2v) is 5.83. The molecule has 3 rings (SSSR count). The van der Waals surface area contributed by atoms with Crippen LogP contribution in [-0.4, -0.2) is 24.3 Å². The van der Waals surface area contributed by atoms with E-state index in [1.165, 1.54) is 11.1 Å². The minimum atomic E-state index is -0.202. The van der Waals surface area contributed by atoms with Crippen LogP contribution in [0.4, 0.5) is 4.79 Å². The van der Waals surface area contributed by atoms with E-state index in [9.17, 15) is 9.90 Å². The molecular weight excluding hydrogens is 304 g/mol. The summed E-state index contributed by atoms with van der Waals surface area (Å²) >= 11 is 0. The molecule has 0 unspecified atom stereocenters. The van der Waals surface area contributed by atoms with Crippen molar-refractivity contribution >= 4 is 6.03 Å². The van der Waals surface area contributed by atoms with Crippen LogP contribution in [0.1, 0.15) is 22.3 Å². The number of aliphatic hydroxyl groups excluding tert-OH is 1. The number of carbonyl (C=O) groups is 1. The quantitative estimate of drug-likeness (QED) is 0.762. The number of ether oxygens (including phenoxy) is 1. The van der Waals surface area contributed by atoms with E-state index in [1.807, 2.05) is 36.4 Å². The standard InChI is InChI=1S/C19H22N2O3/c22-13-17-4-2-1-3-16(17)12-21-19(23)20-9-7-14-5-6-18-15(11-14)8-10-24-18/h1-6,11,22H,7-10,12-13H2,(H2,20,21,23). The molecule has 5 nitrogen and oxygen atoms in total. The van der Waals surface area contributed by atoms with Gasteiger partial charge in [-0.05, 0) is 34.7 Å². The Kier molecular flexibility index (Phi) is 5.33. The van der Waals surface area contributed by atoms with E-state index in [-0.39, 0.29) is 12.6 Å². The van der Waals surface area contributed by atoms with Crippen molar-refractivity contribution in [3.63, 3.8) is 0 Å². The molecule has 126 valence electrons. The normalized spacial score (nSPS) is 12.4. The molecule has 0 atom stereocenters. The van der Waals surface area contributed by atoms with Gasteiger partial charge < -0.3 is 20.5 Å². The third kappa shape index (κ3) is 4.06. The Hall–Kier alpha value is -2.53. The van der Waals surface area contributed by atoms with Gasteiger partial charge in [0.2, 0.25) is 0 Å². The maximum Gasteiger partial charge on any atom is 0.315 e. The summed E-state index contributed by atoms with van der Waals surface area (Å²) in [7, 11) is 0. The molecule has 1 heterocycles. The van der Waals surface area contributed by atoms with E-state index in [2.05, 4.69) is 16.7 Å². The number of urea groups is 1. The van der Waals surface area contributed by atoms with E-state index in [4.69, 9.17) is 4.74 Å². The average Bonchev–Trinajstić information content (AvgIpc) is 3.08. The van der Waals surface area contributed by atoms with Crippen LogP contribution >= 0.6 is 0 Å². The summed E-state index contributed by atoms with van der Waals surface area (Å²) in [5.74, 6) is 0.979. The van der Waals surface area contributed by atoms with Gasteiger partial charge in [-0.3, -0.25) is 0 Å². The van der Waals surface area contributed by atoms with Crippen LogP contribution in [-0.2, 0) is 26.0 Å². The molecule has 0 fully saturated rings. The molecule has 1 aliphatic rings. The highest BCUT2D eigenvalue weighted by Crippen LogP contribution is 2.25. The minimum Gasteiger partial charge on any atom is -0.493 e. The minimum absolute atomic E-state index is 0.0263. The van der Waals surface area contributed by atoms with Gasteiger partial charge in [0, 0.05) is 19.5 Å². The Morgan fingerprint density at radius 2 is 1.96 bits per heavy atom. The van der Waals surface area contributed by atoms with Crippen LogP contribution in [0, 0.1) is 0 Å². The summed E-state index contributed by atoms with van der Waals surface area (Å²) < 4.78 is 5.49. The fraction of sp³-hybridized carbons (Fsp3) is 0.316. The highest BCUT2D eigenvalue weighted by atomic mass is 16.5. The van der Waals surface area contributed by atoms with Crippen LogP contribution in [0.3, 0.4) is 0 Å². The van der Waals surface area contributed by atoms with Crippen molar-refractivity contribution in [1.82, 2.24) is 10.6 Å². The van der Waals surface area contributed by atoms with Crippen LogP contribution < -0.4 is 15.4 Å². The molecule has 0 spiro atoms. The van der Waals surface area contributed by atoms with Crippen molar-refractivity contribution < 1.29 is 14.6 Å². The topological polar surface area (TPSA) is 70.6 Å². The average molecular weight is 326 g/mol. The first-order valence-corrected chi connectivity index (χ1v) is 8.20. The van der Waals surface area contributed by atoms with Crippen molar-refractivity contribution in [1.29, 1.82) is 0 Å². The smallest absolute Gasteiger partial charge is 0.315 e. The van der Waals surface area contributed by atoms with Gasteiger partial charge in [-0.15, -0.1) is 0 Å². The summed E-state index contributed by atoms with van der Waals surface area (Å²) in [4.78, 5) is 11.9. The Balaban J connectivity index is 1.43. The SMILES string of the molecule is O=C(NCCc1ccc2c(c1)CCO2)NCc1ccccc1CO. The second kappa shape index (κ2) is 7.84. The molecule has 0 radical (unpaired) electrons. The van der Waals surface area contributed by atoms with Gasteiger partial charge in [0.05, 0.1) is 13.2 Å². The van der Waals surface area contributed by atoms with Gasteiger partial charge in [0.1, 0.15) is 5.75 Å². The highest BCUT2D eigenvalue weighted by molar-refractivity contribution is 5.73. The summed E-state index contributed by atoms with van der Waals surface area (Å²) in [6.45, 7) is 1.71.